The maximum atomic E-state index is 12.6. The highest BCUT2D eigenvalue weighted by Gasteiger charge is 2.28. The minimum Gasteiger partial charge on any atom is -0.368 e. The predicted molar refractivity (Wildman–Crippen MR) is 108 cm³/mol. The Hall–Kier alpha value is -3.19. The van der Waals surface area contributed by atoms with Crippen molar-refractivity contribution in [3.63, 3.8) is 0 Å². The molecule has 4 N–H and O–H groups in total. The highest BCUT2D eigenvalue weighted by molar-refractivity contribution is 6.10. The van der Waals surface area contributed by atoms with Gasteiger partial charge in [0.2, 0.25) is 11.8 Å². The molecule has 0 aliphatic carbocycles. The van der Waals surface area contributed by atoms with Gasteiger partial charge in [0.05, 0.1) is 23.8 Å². The molecule has 0 saturated carbocycles. The number of rotatable bonds is 6. The van der Waals surface area contributed by atoms with E-state index in [0.717, 1.165) is 12.8 Å². The van der Waals surface area contributed by atoms with Crippen molar-refractivity contribution in [3.8, 4) is 0 Å². The Morgan fingerprint density at radius 3 is 2.43 bits per heavy atom. The fraction of sp³-hybridized carbons (Fsp3) is 0.286. The quantitative estimate of drug-likeness (QED) is 0.715. The van der Waals surface area contributed by atoms with E-state index in [-0.39, 0.29) is 18.4 Å². The average Bonchev–Trinajstić information content (AvgIpc) is 2.69. The number of nitrogens with zero attached hydrogens (tertiary/aromatic N) is 1. The molecule has 0 bridgehead atoms. The van der Waals surface area contributed by atoms with Gasteiger partial charge in [0.15, 0.2) is 0 Å². The van der Waals surface area contributed by atoms with E-state index < -0.39 is 11.9 Å². The molecule has 1 atom stereocenters. The van der Waals surface area contributed by atoms with Gasteiger partial charge in [-0.05, 0) is 43.7 Å². The van der Waals surface area contributed by atoms with Crippen LogP contribution in [0.3, 0.4) is 0 Å². The van der Waals surface area contributed by atoms with Crippen molar-refractivity contribution in [3.05, 3.63) is 60.2 Å². The lowest BCUT2D eigenvalue weighted by Gasteiger charge is -2.32. The van der Waals surface area contributed by atoms with Crippen LogP contribution in [0.15, 0.2) is 54.6 Å². The molecule has 2 aromatic carbocycles. The summed E-state index contributed by atoms with van der Waals surface area (Å²) < 4.78 is 0. The highest BCUT2D eigenvalue weighted by Crippen LogP contribution is 2.19. The van der Waals surface area contributed by atoms with E-state index in [9.17, 15) is 14.4 Å². The third kappa shape index (κ3) is 4.95. The zero-order valence-corrected chi connectivity index (χ0v) is 15.6. The average molecular weight is 380 g/mol. The van der Waals surface area contributed by atoms with E-state index in [2.05, 4.69) is 10.6 Å². The van der Waals surface area contributed by atoms with E-state index >= 15 is 0 Å². The first-order chi connectivity index (χ1) is 13.5. The van der Waals surface area contributed by atoms with Crippen LogP contribution in [0.5, 0.6) is 0 Å². The van der Waals surface area contributed by atoms with E-state index in [1.807, 2.05) is 18.2 Å². The number of carbonyl (C=O) groups excluding carboxylic acids is 3. The summed E-state index contributed by atoms with van der Waals surface area (Å²) in [7, 11) is 0. The maximum absolute atomic E-state index is 12.6. The first-order valence-electron chi connectivity index (χ1n) is 9.33. The summed E-state index contributed by atoms with van der Waals surface area (Å²) in [4.78, 5) is 38.6. The summed E-state index contributed by atoms with van der Waals surface area (Å²) in [5.74, 6) is -1.00. The Bertz CT molecular complexity index is 854. The van der Waals surface area contributed by atoms with Crippen molar-refractivity contribution in [1.29, 1.82) is 0 Å². The molecule has 7 nitrogen and oxygen atoms in total. The van der Waals surface area contributed by atoms with Gasteiger partial charge in [-0.2, -0.15) is 0 Å². The van der Waals surface area contributed by atoms with E-state index in [4.69, 9.17) is 5.73 Å². The van der Waals surface area contributed by atoms with E-state index in [1.54, 1.807) is 41.3 Å². The molecule has 1 aliphatic rings. The van der Waals surface area contributed by atoms with Crippen LogP contribution >= 0.6 is 0 Å². The molecule has 7 heteroatoms. The van der Waals surface area contributed by atoms with Crippen molar-refractivity contribution < 1.29 is 14.4 Å². The van der Waals surface area contributed by atoms with Crippen molar-refractivity contribution in [1.82, 2.24) is 4.90 Å². The van der Waals surface area contributed by atoms with Crippen molar-refractivity contribution in [2.45, 2.75) is 25.3 Å². The van der Waals surface area contributed by atoms with Gasteiger partial charge in [-0.15, -0.1) is 0 Å². The second-order valence-electron chi connectivity index (χ2n) is 6.80. The monoisotopic (exact) mass is 380 g/mol. The molecule has 3 rings (SSSR count). The van der Waals surface area contributed by atoms with Crippen LogP contribution in [-0.4, -0.2) is 41.8 Å². The zero-order chi connectivity index (χ0) is 19.9. The van der Waals surface area contributed by atoms with Gasteiger partial charge in [-0.1, -0.05) is 36.8 Å². The summed E-state index contributed by atoms with van der Waals surface area (Å²) in [5.41, 5.74) is 6.92. The lowest BCUT2D eigenvalue weighted by atomic mass is 10.0. The zero-order valence-electron chi connectivity index (χ0n) is 15.6. The Balaban J connectivity index is 1.68. The normalized spacial score (nSPS) is 16.9. The van der Waals surface area contributed by atoms with Gasteiger partial charge >= 0.3 is 0 Å². The fourth-order valence-electron chi connectivity index (χ4n) is 3.39. The molecule has 1 saturated heterocycles. The fourth-order valence-corrected chi connectivity index (χ4v) is 3.39. The Morgan fingerprint density at radius 2 is 1.68 bits per heavy atom. The second kappa shape index (κ2) is 9.14. The number of hydrogen-bond donors (Lipinski definition) is 3. The van der Waals surface area contributed by atoms with Crippen LogP contribution in [-0.2, 0) is 9.59 Å². The summed E-state index contributed by atoms with van der Waals surface area (Å²) in [6.45, 7) is 0.708. The summed E-state index contributed by atoms with van der Waals surface area (Å²) in [5, 5.41) is 5.60. The Labute approximate surface area is 163 Å². The van der Waals surface area contributed by atoms with E-state index in [0.29, 0.717) is 29.9 Å². The van der Waals surface area contributed by atoms with Crippen molar-refractivity contribution >= 4 is 29.1 Å². The minimum absolute atomic E-state index is 0.0578. The van der Waals surface area contributed by atoms with Gasteiger partial charge in [-0.3, -0.25) is 19.3 Å². The van der Waals surface area contributed by atoms with Crippen LogP contribution in [0.4, 0.5) is 11.4 Å². The number of likely N-dealkylation sites (tertiary alicyclic amines) is 1. The van der Waals surface area contributed by atoms with Crippen LogP contribution in [0.25, 0.3) is 0 Å². The summed E-state index contributed by atoms with van der Waals surface area (Å²) >= 11 is 0. The molecular formula is C21H24N4O3. The number of benzene rings is 2. The molecule has 3 amide bonds. The van der Waals surface area contributed by atoms with Crippen molar-refractivity contribution in [2.75, 3.05) is 23.7 Å². The van der Waals surface area contributed by atoms with Crippen LogP contribution in [0.2, 0.25) is 0 Å². The number of anilines is 2. The van der Waals surface area contributed by atoms with Gasteiger partial charge in [0, 0.05) is 5.69 Å². The third-order valence-electron chi connectivity index (χ3n) is 4.77. The lowest BCUT2D eigenvalue weighted by Crippen LogP contribution is -2.50. The number of carbonyl (C=O) groups is 3. The summed E-state index contributed by atoms with van der Waals surface area (Å²) in [6.07, 6.45) is 2.51. The Morgan fingerprint density at radius 1 is 0.964 bits per heavy atom. The number of hydrogen-bond acceptors (Lipinski definition) is 4. The Kier molecular flexibility index (Phi) is 6.39. The highest BCUT2D eigenvalue weighted by atomic mass is 16.2. The molecule has 1 heterocycles. The number of para-hydroxylation sites is 2. The number of nitrogens with one attached hydrogen (secondary N) is 2. The van der Waals surface area contributed by atoms with Gasteiger partial charge in [-0.25, -0.2) is 0 Å². The molecule has 2 aromatic rings. The van der Waals surface area contributed by atoms with Gasteiger partial charge < -0.3 is 16.4 Å². The molecule has 0 radical (unpaired) electrons. The van der Waals surface area contributed by atoms with Crippen LogP contribution in [0.1, 0.15) is 29.6 Å². The smallest absolute Gasteiger partial charge is 0.257 e. The minimum atomic E-state index is -0.420. The molecule has 1 aliphatic heterocycles. The molecule has 0 aromatic heterocycles. The number of primary amides is 1. The van der Waals surface area contributed by atoms with Crippen molar-refractivity contribution in [2.24, 2.45) is 5.73 Å². The van der Waals surface area contributed by atoms with Crippen LogP contribution < -0.4 is 16.4 Å². The third-order valence-corrected chi connectivity index (χ3v) is 4.77. The number of amides is 3. The molecule has 0 spiro atoms. The molecule has 146 valence electrons. The topological polar surface area (TPSA) is 105 Å². The molecular weight excluding hydrogens is 356 g/mol. The number of piperidine rings is 1. The molecule has 1 fully saturated rings. The first kappa shape index (κ1) is 19.6. The SMILES string of the molecule is NC(=O)C1CCCCN1CC(=O)Nc1ccccc1C(=O)Nc1ccccc1. The van der Waals surface area contributed by atoms with Crippen LogP contribution in [0, 0.1) is 0 Å². The lowest BCUT2D eigenvalue weighted by molar-refractivity contribution is -0.126. The largest absolute Gasteiger partial charge is 0.368 e. The molecule has 1 unspecified atom stereocenters. The standard InChI is InChI=1S/C21H24N4O3/c22-20(27)18-12-6-7-13-25(18)14-19(26)24-17-11-5-4-10-16(17)21(28)23-15-8-2-1-3-9-15/h1-5,8-11,18H,6-7,12-14H2,(H2,22,27)(H,23,28)(H,24,26). The second-order valence-corrected chi connectivity index (χ2v) is 6.80. The van der Waals surface area contributed by atoms with Gasteiger partial charge in [0.1, 0.15) is 0 Å². The van der Waals surface area contributed by atoms with E-state index in [1.165, 1.54) is 0 Å². The first-order valence-corrected chi connectivity index (χ1v) is 9.33. The number of nitrogens with two attached hydrogens (primary N) is 1. The summed E-state index contributed by atoms with van der Waals surface area (Å²) in [6, 6.07) is 15.5. The maximum Gasteiger partial charge on any atom is 0.257 e. The predicted octanol–water partition coefficient (Wildman–Crippen LogP) is 2.22. The van der Waals surface area contributed by atoms with Gasteiger partial charge in [0.25, 0.3) is 5.91 Å². The molecule has 28 heavy (non-hydrogen) atoms.